The van der Waals surface area contributed by atoms with Gasteiger partial charge in [0.1, 0.15) is 30.2 Å². The van der Waals surface area contributed by atoms with Crippen LogP contribution in [-0.4, -0.2) is 88.6 Å². The topological polar surface area (TPSA) is 264 Å². The third kappa shape index (κ3) is 6.20. The fourth-order valence-corrected chi connectivity index (χ4v) is 3.11. The Bertz CT molecular complexity index is 885. The fraction of sp³-hybridized carbons (Fsp3) is 0.571. The molecule has 9 N–H and O–H groups in total. The highest BCUT2D eigenvalue weighted by atomic mass is 31.2. The molecular formula is C14H21N4O12P. The monoisotopic (exact) mass is 468 g/mol. The van der Waals surface area contributed by atoms with E-state index in [1.54, 1.807) is 0 Å². The number of nitrogens with zero attached hydrogens (tertiary/aromatic N) is 2. The van der Waals surface area contributed by atoms with Gasteiger partial charge in [-0.15, -0.1) is 0 Å². The number of carbonyl (C=O) groups is 3. The van der Waals surface area contributed by atoms with Crippen molar-refractivity contribution in [2.45, 2.75) is 43.4 Å². The number of nitrogens with two attached hydrogens (primary N) is 1. The molecule has 1 aliphatic heterocycles. The number of hydrogen-bond donors (Lipinski definition) is 8. The molecule has 1 aromatic rings. The van der Waals surface area contributed by atoms with Crippen LogP contribution in [0.25, 0.3) is 0 Å². The van der Waals surface area contributed by atoms with Crippen molar-refractivity contribution in [2.24, 2.45) is 0 Å². The maximum absolute atomic E-state index is 12.3. The first-order valence-corrected chi connectivity index (χ1v) is 10.1. The average molecular weight is 468 g/mol. The molecule has 1 fully saturated rings. The molecule has 0 aromatic carbocycles. The van der Waals surface area contributed by atoms with Gasteiger partial charge in [-0.3, -0.25) is 18.7 Å². The van der Waals surface area contributed by atoms with Crippen molar-refractivity contribution in [3.05, 3.63) is 12.0 Å². The molecule has 1 saturated heterocycles. The van der Waals surface area contributed by atoms with Crippen molar-refractivity contribution in [3.8, 4) is 0 Å². The lowest BCUT2D eigenvalue weighted by molar-refractivity contribution is -0.140. The first-order chi connectivity index (χ1) is 14.3. The molecule has 1 aromatic heterocycles. The Morgan fingerprint density at radius 2 is 1.94 bits per heavy atom. The molecule has 174 valence electrons. The number of carboxylic acid groups (broad SMARTS) is 2. The molecule has 0 radical (unpaired) electrons. The number of aliphatic hydroxyl groups is 2. The molecule has 0 bridgehead atoms. The molecule has 0 aliphatic carbocycles. The van der Waals surface area contributed by atoms with Crippen LogP contribution in [0.2, 0.25) is 0 Å². The molecule has 2 heterocycles. The molecule has 16 nitrogen and oxygen atoms in total. The van der Waals surface area contributed by atoms with E-state index in [4.69, 9.17) is 30.5 Å². The Labute approximate surface area is 173 Å². The Balaban J connectivity index is 2.13. The van der Waals surface area contributed by atoms with E-state index in [2.05, 4.69) is 14.8 Å². The van der Waals surface area contributed by atoms with Gasteiger partial charge in [0.2, 0.25) is 0 Å². The number of nitrogen functional groups attached to an aromatic ring is 1. The van der Waals surface area contributed by atoms with Gasteiger partial charge in [-0.2, -0.15) is 0 Å². The number of carboxylic acids is 2. The summed E-state index contributed by atoms with van der Waals surface area (Å²) < 4.78 is 21.3. The zero-order valence-electron chi connectivity index (χ0n) is 15.6. The number of aliphatic hydroxyl groups excluding tert-OH is 2. The zero-order chi connectivity index (χ0) is 23.5. The Morgan fingerprint density at radius 3 is 2.48 bits per heavy atom. The highest BCUT2D eigenvalue weighted by Gasteiger charge is 2.45. The van der Waals surface area contributed by atoms with E-state index < -0.39 is 81.4 Å². The minimum atomic E-state index is -4.86. The fourth-order valence-electron chi connectivity index (χ4n) is 2.77. The van der Waals surface area contributed by atoms with Crippen molar-refractivity contribution >= 4 is 31.5 Å². The summed E-state index contributed by atoms with van der Waals surface area (Å²) >= 11 is 0. The second-order valence-electron chi connectivity index (χ2n) is 6.52. The number of phosphoric ester groups is 1. The van der Waals surface area contributed by atoms with Crippen LogP contribution in [0.4, 0.5) is 5.82 Å². The normalized spacial score (nSPS) is 24.6. The molecule has 17 heteroatoms. The predicted molar refractivity (Wildman–Crippen MR) is 96.3 cm³/mol. The van der Waals surface area contributed by atoms with Crippen LogP contribution in [-0.2, 0) is 23.4 Å². The zero-order valence-corrected chi connectivity index (χ0v) is 16.5. The van der Waals surface area contributed by atoms with Crippen molar-refractivity contribution in [1.82, 2.24) is 14.9 Å². The molecule has 0 saturated carbocycles. The number of nitrogens with one attached hydrogen (secondary N) is 1. The number of carbonyl (C=O) groups excluding carboxylic acids is 1. The van der Waals surface area contributed by atoms with Crippen LogP contribution >= 0.6 is 7.82 Å². The lowest BCUT2D eigenvalue weighted by atomic mass is 10.1. The standard InChI is InChI=1S/C14H21N4O12P/c15-11-8(12(23)17-5(14(24)25)1-2-7(19)20)16-4-18(11)13-10(22)9(21)6(30-13)3-29-31(26,27)28/h4-6,9-10,13,21-22H,1-3,15H2,(H,17,23)(H,19,20)(H,24,25)(H2,26,27,28)/t5-,6+,9+,10+,13+/m0/s1. The van der Waals surface area contributed by atoms with Gasteiger partial charge < -0.3 is 46.0 Å². The van der Waals surface area contributed by atoms with Crippen molar-refractivity contribution in [3.63, 3.8) is 0 Å². The number of hydrogen-bond acceptors (Lipinski definition) is 10. The number of aliphatic carboxylic acids is 2. The summed E-state index contributed by atoms with van der Waals surface area (Å²) in [5.74, 6) is -4.15. The van der Waals surface area contributed by atoms with E-state index in [-0.39, 0.29) is 5.82 Å². The number of anilines is 1. The van der Waals surface area contributed by atoms with Gasteiger partial charge in [-0.05, 0) is 6.42 Å². The summed E-state index contributed by atoms with van der Waals surface area (Å²) in [4.78, 5) is 55.4. The number of ether oxygens (including phenoxy) is 1. The van der Waals surface area contributed by atoms with E-state index in [1.807, 2.05) is 0 Å². The van der Waals surface area contributed by atoms with Gasteiger partial charge in [0.05, 0.1) is 12.9 Å². The summed E-state index contributed by atoms with van der Waals surface area (Å²) in [7, 11) is -4.86. The van der Waals surface area contributed by atoms with Crippen LogP contribution in [0.15, 0.2) is 6.33 Å². The third-order valence-electron chi connectivity index (χ3n) is 4.32. The molecule has 5 atom stereocenters. The van der Waals surface area contributed by atoms with Crippen molar-refractivity contribution in [1.29, 1.82) is 0 Å². The molecule has 1 amide bonds. The van der Waals surface area contributed by atoms with Gasteiger partial charge in [0, 0.05) is 6.42 Å². The van der Waals surface area contributed by atoms with Crippen molar-refractivity contribution in [2.75, 3.05) is 12.3 Å². The maximum Gasteiger partial charge on any atom is 0.469 e. The van der Waals surface area contributed by atoms with E-state index in [0.717, 1.165) is 10.9 Å². The molecular weight excluding hydrogens is 447 g/mol. The van der Waals surface area contributed by atoms with Crippen LogP contribution in [0, 0.1) is 0 Å². The lowest BCUT2D eigenvalue weighted by Gasteiger charge is -2.18. The molecule has 0 spiro atoms. The number of phosphoric acid groups is 1. The van der Waals surface area contributed by atoms with E-state index in [0.29, 0.717) is 0 Å². The quantitative estimate of drug-likeness (QED) is 0.162. The van der Waals surface area contributed by atoms with Crippen LogP contribution in [0.1, 0.15) is 29.6 Å². The highest BCUT2D eigenvalue weighted by Crippen LogP contribution is 2.38. The summed E-state index contributed by atoms with van der Waals surface area (Å²) in [5, 5.41) is 40.0. The summed E-state index contributed by atoms with van der Waals surface area (Å²) in [5.41, 5.74) is 5.37. The number of aromatic nitrogens is 2. The Kier molecular flexibility index (Phi) is 7.72. The minimum absolute atomic E-state index is 0.382. The number of amides is 1. The largest absolute Gasteiger partial charge is 0.481 e. The SMILES string of the molecule is Nc1c(C(=O)N[C@@H](CCC(=O)O)C(=O)O)ncn1[C@@H]1O[C@H](COP(=O)(O)O)[C@@H](O)[C@H]1O. The summed E-state index contributed by atoms with van der Waals surface area (Å²) in [6, 6.07) is -1.53. The smallest absolute Gasteiger partial charge is 0.469 e. The molecule has 0 unspecified atom stereocenters. The van der Waals surface area contributed by atoms with Crippen LogP contribution < -0.4 is 11.1 Å². The van der Waals surface area contributed by atoms with Crippen LogP contribution in [0.5, 0.6) is 0 Å². The molecule has 31 heavy (non-hydrogen) atoms. The van der Waals surface area contributed by atoms with Crippen molar-refractivity contribution < 1.29 is 58.4 Å². The number of rotatable bonds is 10. The van der Waals surface area contributed by atoms with Gasteiger partial charge in [-0.1, -0.05) is 0 Å². The first kappa shape index (κ1) is 24.7. The molecule has 2 rings (SSSR count). The number of imidazole rings is 1. The first-order valence-electron chi connectivity index (χ1n) is 8.61. The van der Waals surface area contributed by atoms with Crippen LogP contribution in [0.3, 0.4) is 0 Å². The minimum Gasteiger partial charge on any atom is -0.481 e. The van der Waals surface area contributed by atoms with Gasteiger partial charge in [0.25, 0.3) is 5.91 Å². The highest BCUT2D eigenvalue weighted by molar-refractivity contribution is 7.46. The predicted octanol–water partition coefficient (Wildman–Crippen LogP) is -2.76. The van der Waals surface area contributed by atoms with E-state index >= 15 is 0 Å². The van der Waals surface area contributed by atoms with E-state index in [1.165, 1.54) is 0 Å². The molecule has 1 aliphatic rings. The Morgan fingerprint density at radius 1 is 1.29 bits per heavy atom. The second-order valence-corrected chi connectivity index (χ2v) is 7.75. The maximum atomic E-state index is 12.3. The average Bonchev–Trinajstić information content (AvgIpc) is 3.16. The van der Waals surface area contributed by atoms with Gasteiger partial charge in [-0.25, -0.2) is 14.3 Å². The van der Waals surface area contributed by atoms with Gasteiger partial charge >= 0.3 is 19.8 Å². The van der Waals surface area contributed by atoms with Gasteiger partial charge in [0.15, 0.2) is 11.9 Å². The Hall–Kier alpha value is -2.59. The third-order valence-corrected chi connectivity index (χ3v) is 4.80. The summed E-state index contributed by atoms with van der Waals surface area (Å²) in [6.45, 7) is -0.759. The lowest BCUT2D eigenvalue weighted by Crippen LogP contribution is -2.41. The summed E-state index contributed by atoms with van der Waals surface area (Å²) in [6.07, 6.45) is -5.96. The second kappa shape index (κ2) is 9.69. The van der Waals surface area contributed by atoms with E-state index in [9.17, 15) is 29.2 Å².